The van der Waals surface area contributed by atoms with E-state index < -0.39 is 6.10 Å². The van der Waals surface area contributed by atoms with E-state index in [-0.39, 0.29) is 6.61 Å². The number of furan rings is 1. The molecule has 2 aromatic carbocycles. The molecular formula is C21H21Cl2NO3. The van der Waals surface area contributed by atoms with Gasteiger partial charge in [0.15, 0.2) is 0 Å². The van der Waals surface area contributed by atoms with Gasteiger partial charge in [-0.3, -0.25) is 4.90 Å². The first-order chi connectivity index (χ1) is 13.1. The number of ether oxygens (including phenoxy) is 1. The molecule has 4 nitrogen and oxygen atoms in total. The fourth-order valence-electron chi connectivity index (χ4n) is 2.75. The molecule has 0 aliphatic carbocycles. The Kier molecular flexibility index (Phi) is 7.18. The molecule has 1 heterocycles. The molecule has 6 heteroatoms. The van der Waals surface area contributed by atoms with E-state index in [1.165, 1.54) is 0 Å². The van der Waals surface area contributed by atoms with Crippen LogP contribution in [0.25, 0.3) is 0 Å². The second-order valence-corrected chi connectivity index (χ2v) is 7.11. The molecule has 1 atom stereocenters. The molecule has 0 amide bonds. The summed E-state index contributed by atoms with van der Waals surface area (Å²) < 4.78 is 11.1. The lowest BCUT2D eigenvalue weighted by Gasteiger charge is -2.24. The van der Waals surface area contributed by atoms with Crippen molar-refractivity contribution in [3.05, 3.63) is 88.3 Å². The Morgan fingerprint density at radius 2 is 1.74 bits per heavy atom. The van der Waals surface area contributed by atoms with Gasteiger partial charge in [0.05, 0.1) is 17.8 Å². The summed E-state index contributed by atoms with van der Waals surface area (Å²) in [5.74, 6) is 1.40. The van der Waals surface area contributed by atoms with E-state index >= 15 is 0 Å². The number of nitrogens with zero attached hydrogens (tertiary/aromatic N) is 1. The molecule has 1 N–H and O–H groups in total. The van der Waals surface area contributed by atoms with Gasteiger partial charge in [0.1, 0.15) is 24.2 Å². The molecule has 0 fully saturated rings. The Bertz CT molecular complexity index is 822. The monoisotopic (exact) mass is 405 g/mol. The molecule has 3 aromatic rings. The summed E-state index contributed by atoms with van der Waals surface area (Å²) in [5.41, 5.74) is 1.10. The van der Waals surface area contributed by atoms with Gasteiger partial charge in [0.2, 0.25) is 0 Å². The van der Waals surface area contributed by atoms with Gasteiger partial charge < -0.3 is 14.3 Å². The van der Waals surface area contributed by atoms with Crippen molar-refractivity contribution in [2.24, 2.45) is 0 Å². The molecule has 0 bridgehead atoms. The minimum atomic E-state index is -0.677. The van der Waals surface area contributed by atoms with E-state index in [0.29, 0.717) is 35.4 Å². The Morgan fingerprint density at radius 1 is 0.963 bits per heavy atom. The van der Waals surface area contributed by atoms with Crippen LogP contribution in [0.5, 0.6) is 5.75 Å². The zero-order valence-electron chi connectivity index (χ0n) is 14.7. The maximum Gasteiger partial charge on any atom is 0.138 e. The lowest BCUT2D eigenvalue weighted by atomic mass is 10.2. The van der Waals surface area contributed by atoms with Crippen LogP contribution in [0.15, 0.2) is 71.3 Å². The van der Waals surface area contributed by atoms with Gasteiger partial charge in [-0.1, -0.05) is 47.5 Å². The molecule has 27 heavy (non-hydrogen) atoms. The van der Waals surface area contributed by atoms with Crippen molar-refractivity contribution in [2.45, 2.75) is 19.2 Å². The third-order valence-corrected chi connectivity index (χ3v) is 4.58. The highest BCUT2D eigenvalue weighted by Gasteiger charge is 2.15. The smallest absolute Gasteiger partial charge is 0.138 e. The third-order valence-electron chi connectivity index (χ3n) is 4.02. The summed E-state index contributed by atoms with van der Waals surface area (Å²) in [5, 5.41) is 11.7. The topological polar surface area (TPSA) is 45.8 Å². The Hall–Kier alpha value is -1.98. The third kappa shape index (κ3) is 6.29. The van der Waals surface area contributed by atoms with Crippen LogP contribution in [0.3, 0.4) is 0 Å². The van der Waals surface area contributed by atoms with Gasteiger partial charge in [0, 0.05) is 18.1 Å². The van der Waals surface area contributed by atoms with E-state index in [1.807, 2.05) is 48.5 Å². The van der Waals surface area contributed by atoms with Crippen molar-refractivity contribution in [2.75, 3.05) is 13.2 Å². The van der Waals surface area contributed by atoms with Gasteiger partial charge in [-0.15, -0.1) is 0 Å². The number of rotatable bonds is 9. The molecular weight excluding hydrogens is 385 g/mol. The van der Waals surface area contributed by atoms with Crippen LogP contribution in [0.4, 0.5) is 0 Å². The highest BCUT2D eigenvalue weighted by molar-refractivity contribution is 6.32. The van der Waals surface area contributed by atoms with E-state index in [9.17, 15) is 5.11 Å². The minimum Gasteiger partial charge on any atom is -0.489 e. The van der Waals surface area contributed by atoms with Crippen LogP contribution >= 0.6 is 23.2 Å². The van der Waals surface area contributed by atoms with E-state index in [4.69, 9.17) is 32.4 Å². The largest absolute Gasteiger partial charge is 0.489 e. The number of hydrogen-bond donors (Lipinski definition) is 1. The quantitative estimate of drug-likeness (QED) is 0.542. The van der Waals surface area contributed by atoms with Gasteiger partial charge in [-0.25, -0.2) is 0 Å². The first-order valence-corrected chi connectivity index (χ1v) is 9.40. The van der Waals surface area contributed by atoms with Gasteiger partial charge >= 0.3 is 0 Å². The number of halogens is 2. The lowest BCUT2D eigenvalue weighted by molar-refractivity contribution is 0.0605. The summed E-state index contributed by atoms with van der Waals surface area (Å²) in [4.78, 5) is 2.10. The van der Waals surface area contributed by atoms with Crippen LogP contribution < -0.4 is 4.74 Å². The molecule has 1 aromatic heterocycles. The maximum absolute atomic E-state index is 10.5. The van der Waals surface area contributed by atoms with Crippen molar-refractivity contribution in [1.82, 2.24) is 4.90 Å². The lowest BCUT2D eigenvalue weighted by Crippen LogP contribution is -2.35. The standard InChI is InChI=1S/C21H21Cl2NO3/c22-17-9-7-16(8-10-17)12-24(14-19-4-3-11-26-19)13-18(25)15-27-21-6-2-1-5-20(21)23/h1-11,18,25H,12-15H2. The summed E-state index contributed by atoms with van der Waals surface area (Å²) in [7, 11) is 0. The molecule has 0 spiro atoms. The van der Waals surface area contributed by atoms with Crippen LogP contribution in [-0.2, 0) is 13.1 Å². The number of aliphatic hydroxyl groups excluding tert-OH is 1. The average molecular weight is 406 g/mol. The number of para-hydroxylation sites is 1. The van der Waals surface area contributed by atoms with Crippen molar-refractivity contribution >= 4 is 23.2 Å². The van der Waals surface area contributed by atoms with E-state index in [0.717, 1.165) is 11.3 Å². The van der Waals surface area contributed by atoms with Gasteiger partial charge in [-0.05, 0) is 42.0 Å². The Labute approximate surface area is 168 Å². The van der Waals surface area contributed by atoms with Crippen molar-refractivity contribution < 1.29 is 14.3 Å². The molecule has 0 saturated carbocycles. The molecule has 0 radical (unpaired) electrons. The normalized spacial score (nSPS) is 12.3. The SMILES string of the molecule is OC(COc1ccccc1Cl)CN(Cc1ccc(Cl)cc1)Cc1ccco1. The first-order valence-electron chi connectivity index (χ1n) is 8.65. The number of hydrogen-bond acceptors (Lipinski definition) is 4. The minimum absolute atomic E-state index is 0.152. The average Bonchev–Trinajstić information content (AvgIpc) is 3.16. The maximum atomic E-state index is 10.5. The predicted molar refractivity (Wildman–Crippen MR) is 107 cm³/mol. The molecule has 0 aliphatic rings. The van der Waals surface area contributed by atoms with Crippen LogP contribution in [0.2, 0.25) is 10.0 Å². The van der Waals surface area contributed by atoms with Gasteiger partial charge in [-0.2, -0.15) is 0 Å². The highest BCUT2D eigenvalue weighted by Crippen LogP contribution is 2.23. The van der Waals surface area contributed by atoms with Crippen molar-refractivity contribution in [3.63, 3.8) is 0 Å². The van der Waals surface area contributed by atoms with Crippen LogP contribution in [0, 0.1) is 0 Å². The fourth-order valence-corrected chi connectivity index (χ4v) is 3.07. The zero-order chi connectivity index (χ0) is 19.1. The van der Waals surface area contributed by atoms with E-state index in [1.54, 1.807) is 18.4 Å². The molecule has 3 rings (SSSR count). The number of aliphatic hydroxyl groups is 1. The van der Waals surface area contributed by atoms with E-state index in [2.05, 4.69) is 4.90 Å². The Morgan fingerprint density at radius 3 is 2.44 bits per heavy atom. The van der Waals surface area contributed by atoms with Crippen LogP contribution in [0.1, 0.15) is 11.3 Å². The predicted octanol–water partition coefficient (Wildman–Crippen LogP) is 5.03. The summed E-state index contributed by atoms with van der Waals surface area (Å²) >= 11 is 12.1. The molecule has 0 aliphatic heterocycles. The van der Waals surface area contributed by atoms with Gasteiger partial charge in [0.25, 0.3) is 0 Å². The second-order valence-electron chi connectivity index (χ2n) is 6.27. The highest BCUT2D eigenvalue weighted by atomic mass is 35.5. The zero-order valence-corrected chi connectivity index (χ0v) is 16.2. The Balaban J connectivity index is 1.61. The first kappa shape index (κ1) is 19.8. The second kappa shape index (κ2) is 9.81. The molecule has 0 saturated heterocycles. The summed E-state index contributed by atoms with van der Waals surface area (Å²) in [6, 6.07) is 18.7. The van der Waals surface area contributed by atoms with Crippen LogP contribution in [-0.4, -0.2) is 29.3 Å². The number of benzene rings is 2. The van der Waals surface area contributed by atoms with Crippen molar-refractivity contribution in [1.29, 1.82) is 0 Å². The summed E-state index contributed by atoms with van der Waals surface area (Å²) in [6.45, 7) is 1.81. The molecule has 142 valence electrons. The fraction of sp³-hybridized carbons (Fsp3) is 0.238. The summed E-state index contributed by atoms with van der Waals surface area (Å²) in [6.07, 6.45) is 0.968. The molecule has 1 unspecified atom stereocenters. The van der Waals surface area contributed by atoms with Crippen molar-refractivity contribution in [3.8, 4) is 5.75 Å².